The molecule has 0 bridgehead atoms. The smallest absolute Gasteiger partial charge is 0.277 e. The summed E-state index contributed by atoms with van der Waals surface area (Å²) in [6, 6.07) is 23.1. The average molecular weight is 481 g/mol. The number of pyridine rings is 1. The van der Waals surface area contributed by atoms with Crippen molar-refractivity contribution >= 4 is 42.2 Å². The lowest BCUT2D eigenvalue weighted by Gasteiger charge is -2.23. The Bertz CT molecular complexity index is 1430. The Kier molecular flexibility index (Phi) is 4.52. The van der Waals surface area contributed by atoms with Gasteiger partial charge in [-0.15, -0.1) is 0 Å². The van der Waals surface area contributed by atoms with E-state index in [2.05, 4.69) is 15.9 Å². The Morgan fingerprint density at radius 1 is 0.833 bits per heavy atom. The molecular formula is C23H17BrN2O3S. The molecule has 0 amide bonds. The first-order chi connectivity index (χ1) is 14.5. The van der Waals surface area contributed by atoms with Crippen molar-refractivity contribution < 1.29 is 8.42 Å². The lowest BCUT2D eigenvalue weighted by atomic mass is 10.1. The summed E-state index contributed by atoms with van der Waals surface area (Å²) in [6.07, 6.45) is 0.452. The summed E-state index contributed by atoms with van der Waals surface area (Å²) in [7, 11) is -3.84. The minimum absolute atomic E-state index is 0.197. The molecule has 4 aromatic rings. The van der Waals surface area contributed by atoms with Crippen molar-refractivity contribution in [1.29, 1.82) is 0 Å². The largest absolute Gasteiger partial charge is 0.278 e. The van der Waals surface area contributed by atoms with E-state index in [0.29, 0.717) is 29.4 Å². The number of sulfone groups is 1. The zero-order chi connectivity index (χ0) is 20.9. The molecule has 3 aromatic carbocycles. The van der Waals surface area contributed by atoms with Gasteiger partial charge < -0.3 is 0 Å². The summed E-state index contributed by atoms with van der Waals surface area (Å²) in [5.41, 5.74) is 1.14. The van der Waals surface area contributed by atoms with Gasteiger partial charge in [-0.1, -0.05) is 52.3 Å². The van der Waals surface area contributed by atoms with Gasteiger partial charge in [0, 0.05) is 22.8 Å². The molecule has 7 heteroatoms. The number of halogens is 1. The Balaban J connectivity index is 1.89. The lowest BCUT2D eigenvalue weighted by molar-refractivity contribution is 0.594. The third-order valence-electron chi connectivity index (χ3n) is 5.35. The van der Waals surface area contributed by atoms with Gasteiger partial charge >= 0.3 is 0 Å². The van der Waals surface area contributed by atoms with Crippen LogP contribution < -0.4 is 10.6 Å². The van der Waals surface area contributed by atoms with Gasteiger partial charge in [-0.2, -0.15) is 0 Å². The second kappa shape index (κ2) is 7.11. The molecule has 1 aromatic heterocycles. The van der Waals surface area contributed by atoms with E-state index in [9.17, 15) is 13.2 Å². The second-order valence-corrected chi connectivity index (χ2v) is 9.91. The molecule has 150 valence electrons. The van der Waals surface area contributed by atoms with E-state index >= 15 is 0 Å². The highest BCUT2D eigenvalue weighted by Gasteiger charge is 2.33. The summed E-state index contributed by atoms with van der Waals surface area (Å²) in [4.78, 5) is 13.9. The molecule has 0 fully saturated rings. The van der Waals surface area contributed by atoms with Crippen LogP contribution in [0, 0.1) is 0 Å². The van der Waals surface area contributed by atoms with Crippen LogP contribution in [0.4, 0.5) is 5.69 Å². The standard InChI is InChI=1S/C23H17BrN2O3S/c24-16-11-12-19-20(15-16)22(30(28,29)18-9-5-2-6-10-18)21-13-14-25(26(21)23(19)27)17-7-3-1-4-8-17/h1-12,15H,13-14H2. The Morgan fingerprint density at radius 3 is 2.20 bits per heavy atom. The van der Waals surface area contributed by atoms with Crippen LogP contribution in [0.25, 0.3) is 10.8 Å². The second-order valence-electron chi connectivity index (χ2n) is 7.11. The molecular weight excluding hydrogens is 464 g/mol. The Morgan fingerprint density at radius 2 is 1.50 bits per heavy atom. The van der Waals surface area contributed by atoms with E-state index in [1.54, 1.807) is 48.5 Å². The van der Waals surface area contributed by atoms with Crippen molar-refractivity contribution in [3.8, 4) is 0 Å². The fourth-order valence-electron chi connectivity index (χ4n) is 4.03. The fraction of sp³-hybridized carbons (Fsp3) is 0.0870. The molecule has 1 aliphatic rings. The summed E-state index contributed by atoms with van der Waals surface area (Å²) in [5.74, 6) is 0. The van der Waals surface area contributed by atoms with E-state index in [1.165, 1.54) is 4.68 Å². The van der Waals surface area contributed by atoms with Crippen LogP contribution in [0.15, 0.2) is 97.9 Å². The zero-order valence-electron chi connectivity index (χ0n) is 15.8. The van der Waals surface area contributed by atoms with Gasteiger partial charge in [0.1, 0.15) is 4.90 Å². The molecule has 0 unspecified atom stereocenters. The van der Waals surface area contributed by atoms with E-state index < -0.39 is 9.84 Å². The SMILES string of the molecule is O=c1c2ccc(Br)cc2c(S(=O)(=O)c2ccccc2)c2n1N(c1ccccc1)CC2. The number of hydrogen-bond donors (Lipinski definition) is 0. The highest BCUT2D eigenvalue weighted by atomic mass is 79.9. The van der Waals surface area contributed by atoms with Gasteiger partial charge in [0.15, 0.2) is 0 Å². The van der Waals surface area contributed by atoms with Crippen LogP contribution in [-0.2, 0) is 16.3 Å². The fourth-order valence-corrected chi connectivity index (χ4v) is 6.10. The van der Waals surface area contributed by atoms with E-state index in [-0.39, 0.29) is 15.4 Å². The summed E-state index contributed by atoms with van der Waals surface area (Å²) < 4.78 is 29.7. The van der Waals surface area contributed by atoms with Crippen molar-refractivity contribution in [3.63, 3.8) is 0 Å². The zero-order valence-corrected chi connectivity index (χ0v) is 18.2. The molecule has 0 atom stereocenters. The van der Waals surface area contributed by atoms with Crippen LogP contribution in [0.2, 0.25) is 0 Å². The minimum atomic E-state index is -3.84. The minimum Gasteiger partial charge on any atom is -0.278 e. The average Bonchev–Trinajstić information content (AvgIpc) is 3.20. The maximum Gasteiger partial charge on any atom is 0.277 e. The van der Waals surface area contributed by atoms with Crippen molar-refractivity contribution in [3.05, 3.63) is 99.4 Å². The molecule has 1 aliphatic heterocycles. The number of hydrogen-bond acceptors (Lipinski definition) is 4. The van der Waals surface area contributed by atoms with E-state index in [0.717, 1.165) is 10.2 Å². The van der Waals surface area contributed by atoms with Crippen molar-refractivity contribution in [2.45, 2.75) is 16.2 Å². The number of anilines is 1. The molecule has 5 nitrogen and oxygen atoms in total. The first-order valence-corrected chi connectivity index (χ1v) is 11.8. The monoisotopic (exact) mass is 480 g/mol. The third-order valence-corrected chi connectivity index (χ3v) is 7.72. The van der Waals surface area contributed by atoms with Crippen molar-refractivity contribution in [2.75, 3.05) is 11.6 Å². The van der Waals surface area contributed by atoms with Crippen LogP contribution in [0.1, 0.15) is 5.69 Å². The van der Waals surface area contributed by atoms with Crippen molar-refractivity contribution in [2.24, 2.45) is 0 Å². The number of benzene rings is 3. The van der Waals surface area contributed by atoms with Gasteiger partial charge in [0.25, 0.3) is 5.56 Å². The quantitative estimate of drug-likeness (QED) is 0.435. The third kappa shape index (κ3) is 2.88. The molecule has 0 spiro atoms. The molecule has 5 rings (SSSR count). The molecule has 0 N–H and O–H groups in total. The summed E-state index contributed by atoms with van der Waals surface area (Å²) in [5, 5.41) is 2.67. The highest BCUT2D eigenvalue weighted by molar-refractivity contribution is 9.10. The van der Waals surface area contributed by atoms with E-state index in [4.69, 9.17) is 0 Å². The van der Waals surface area contributed by atoms with E-state index in [1.807, 2.05) is 35.3 Å². The van der Waals surface area contributed by atoms with Crippen LogP contribution in [0.5, 0.6) is 0 Å². The van der Waals surface area contributed by atoms with Crippen molar-refractivity contribution in [1.82, 2.24) is 4.68 Å². The summed E-state index contributed by atoms with van der Waals surface area (Å²) in [6.45, 7) is 0.522. The predicted molar refractivity (Wildman–Crippen MR) is 121 cm³/mol. The molecule has 30 heavy (non-hydrogen) atoms. The normalized spacial score (nSPS) is 13.6. The Hall–Kier alpha value is -2.90. The van der Waals surface area contributed by atoms with Crippen LogP contribution in [-0.4, -0.2) is 19.6 Å². The maximum atomic E-state index is 13.7. The van der Waals surface area contributed by atoms with Gasteiger partial charge in [-0.3, -0.25) is 9.80 Å². The first kappa shape index (κ1) is 19.1. The predicted octanol–water partition coefficient (Wildman–Crippen LogP) is 4.42. The maximum absolute atomic E-state index is 13.7. The number of nitrogens with zero attached hydrogens (tertiary/aromatic N) is 2. The number of para-hydroxylation sites is 1. The Labute approximate surface area is 182 Å². The molecule has 0 saturated heterocycles. The van der Waals surface area contributed by atoms with Gasteiger partial charge in [-0.25, -0.2) is 13.1 Å². The van der Waals surface area contributed by atoms with Gasteiger partial charge in [0.05, 0.1) is 21.7 Å². The lowest BCUT2D eigenvalue weighted by Crippen LogP contribution is -2.36. The molecule has 0 radical (unpaired) electrons. The summed E-state index contributed by atoms with van der Waals surface area (Å²) >= 11 is 3.43. The highest BCUT2D eigenvalue weighted by Crippen LogP contribution is 2.35. The number of aromatic nitrogens is 1. The van der Waals surface area contributed by atoms with Gasteiger partial charge in [0.2, 0.25) is 9.84 Å². The molecule has 2 heterocycles. The number of fused-ring (bicyclic) bond motifs is 2. The van der Waals surface area contributed by atoms with Crippen LogP contribution >= 0.6 is 15.9 Å². The molecule has 0 aliphatic carbocycles. The topological polar surface area (TPSA) is 59.4 Å². The number of rotatable bonds is 3. The van der Waals surface area contributed by atoms with Crippen LogP contribution in [0.3, 0.4) is 0 Å². The first-order valence-electron chi connectivity index (χ1n) is 9.48. The van der Waals surface area contributed by atoms with Gasteiger partial charge in [-0.05, 0) is 42.5 Å². The molecule has 0 saturated carbocycles.